The van der Waals surface area contributed by atoms with Gasteiger partial charge in [-0.3, -0.25) is 4.57 Å². The van der Waals surface area contributed by atoms with Crippen molar-refractivity contribution in [2.24, 2.45) is 0 Å². The summed E-state index contributed by atoms with van der Waals surface area (Å²) in [7, 11) is 0. The Kier molecular flexibility index (Phi) is 4.54. The van der Waals surface area contributed by atoms with Crippen molar-refractivity contribution in [3.63, 3.8) is 0 Å². The first kappa shape index (κ1) is 16.9. The first-order valence-electron chi connectivity index (χ1n) is 9.65. The lowest BCUT2D eigenvalue weighted by Crippen LogP contribution is -2.35. The zero-order valence-corrected chi connectivity index (χ0v) is 15.5. The van der Waals surface area contributed by atoms with Gasteiger partial charge in [-0.25, -0.2) is 4.79 Å². The van der Waals surface area contributed by atoms with E-state index in [0.29, 0.717) is 12.0 Å². The molecule has 134 valence electrons. The van der Waals surface area contributed by atoms with E-state index in [2.05, 4.69) is 49.5 Å². The molecule has 0 spiro atoms. The fourth-order valence-electron chi connectivity index (χ4n) is 4.12. The largest absolute Gasteiger partial charge is 0.335 e. The fraction of sp³-hybridized carbons (Fsp3) is 0.348. The van der Waals surface area contributed by atoms with Crippen LogP contribution in [0.25, 0.3) is 22.0 Å². The predicted molar refractivity (Wildman–Crippen MR) is 108 cm³/mol. The maximum absolute atomic E-state index is 12.9. The number of fused-ring (bicyclic) bond motifs is 1. The number of amides is 1. The van der Waals surface area contributed by atoms with Gasteiger partial charge in [-0.2, -0.15) is 0 Å². The highest BCUT2D eigenvalue weighted by Crippen LogP contribution is 2.35. The summed E-state index contributed by atoms with van der Waals surface area (Å²) in [5, 5.41) is 4.34. The molecule has 1 fully saturated rings. The minimum atomic E-state index is -0.0126. The molecule has 1 aliphatic carbocycles. The van der Waals surface area contributed by atoms with Gasteiger partial charge < -0.3 is 5.32 Å². The number of hydrogen-bond acceptors (Lipinski definition) is 1. The zero-order chi connectivity index (χ0) is 18.1. The molecule has 1 aliphatic rings. The Hall–Kier alpha value is -2.55. The molecule has 0 unspecified atom stereocenters. The smallest absolute Gasteiger partial charge is 0.326 e. The SMILES string of the molecule is CC(C)c1ccccc1-c1cn(C(=O)NC2CCCC2)c2ccccc12. The molecule has 3 heteroatoms. The molecule has 2 aromatic carbocycles. The third kappa shape index (κ3) is 3.03. The molecule has 1 saturated carbocycles. The molecule has 0 bridgehead atoms. The van der Waals surface area contributed by atoms with E-state index in [1.54, 1.807) is 4.57 Å². The van der Waals surface area contributed by atoms with Gasteiger partial charge in [0.05, 0.1) is 5.52 Å². The number of carbonyl (C=O) groups is 1. The highest BCUT2D eigenvalue weighted by Gasteiger charge is 2.21. The van der Waals surface area contributed by atoms with Gasteiger partial charge in [0.15, 0.2) is 0 Å². The van der Waals surface area contributed by atoms with Crippen molar-refractivity contribution < 1.29 is 4.79 Å². The molecule has 4 rings (SSSR count). The van der Waals surface area contributed by atoms with Crippen LogP contribution < -0.4 is 5.32 Å². The summed E-state index contributed by atoms with van der Waals surface area (Å²) in [4.78, 5) is 12.9. The number of nitrogens with one attached hydrogen (secondary N) is 1. The molecule has 1 aromatic heterocycles. The van der Waals surface area contributed by atoms with Crippen LogP contribution in [0.3, 0.4) is 0 Å². The quantitative estimate of drug-likeness (QED) is 0.626. The van der Waals surface area contributed by atoms with Crippen LogP contribution in [0.15, 0.2) is 54.7 Å². The zero-order valence-electron chi connectivity index (χ0n) is 15.5. The van der Waals surface area contributed by atoms with Gasteiger partial charge in [-0.05, 0) is 36.0 Å². The minimum Gasteiger partial charge on any atom is -0.335 e. The topological polar surface area (TPSA) is 34.0 Å². The number of para-hydroxylation sites is 1. The van der Waals surface area contributed by atoms with E-state index in [4.69, 9.17) is 0 Å². The fourth-order valence-corrected chi connectivity index (χ4v) is 4.12. The monoisotopic (exact) mass is 346 g/mol. The molecule has 0 saturated heterocycles. The molecule has 0 aliphatic heterocycles. The average Bonchev–Trinajstić information content (AvgIpc) is 3.29. The Balaban J connectivity index is 1.81. The Labute approximate surface area is 155 Å². The Bertz CT molecular complexity index is 932. The summed E-state index contributed by atoms with van der Waals surface area (Å²) < 4.78 is 1.79. The van der Waals surface area contributed by atoms with Crippen molar-refractivity contribution in [2.45, 2.75) is 51.5 Å². The highest BCUT2D eigenvalue weighted by molar-refractivity contribution is 6.02. The lowest BCUT2D eigenvalue weighted by Gasteiger charge is -2.13. The van der Waals surface area contributed by atoms with Crippen LogP contribution in [0, 0.1) is 0 Å². The number of hydrogen-bond donors (Lipinski definition) is 1. The van der Waals surface area contributed by atoms with Crippen molar-refractivity contribution in [1.82, 2.24) is 9.88 Å². The standard InChI is InChI=1S/C23H26N2O/c1-16(2)18-11-5-6-12-19(18)21-15-25(22-14-8-7-13-20(21)22)23(26)24-17-9-3-4-10-17/h5-8,11-17H,3-4,9-10H2,1-2H3,(H,24,26). The van der Waals surface area contributed by atoms with Gasteiger partial charge in [0, 0.05) is 23.2 Å². The lowest BCUT2D eigenvalue weighted by molar-refractivity contribution is 0.239. The molecule has 1 amide bonds. The molecule has 0 atom stereocenters. The van der Waals surface area contributed by atoms with Crippen LogP contribution in [0.5, 0.6) is 0 Å². The summed E-state index contributed by atoms with van der Waals surface area (Å²) in [5.41, 5.74) is 4.63. The third-order valence-electron chi connectivity index (χ3n) is 5.49. The van der Waals surface area contributed by atoms with Crippen LogP contribution in [0.2, 0.25) is 0 Å². The number of benzene rings is 2. The second kappa shape index (κ2) is 6.99. The Morgan fingerprint density at radius 2 is 1.69 bits per heavy atom. The van der Waals surface area contributed by atoms with Gasteiger partial charge in [0.1, 0.15) is 0 Å². The van der Waals surface area contributed by atoms with E-state index in [-0.39, 0.29) is 6.03 Å². The van der Waals surface area contributed by atoms with E-state index in [1.165, 1.54) is 24.0 Å². The van der Waals surface area contributed by atoms with Crippen molar-refractivity contribution in [3.8, 4) is 11.1 Å². The number of rotatable bonds is 3. The van der Waals surface area contributed by atoms with E-state index >= 15 is 0 Å². The van der Waals surface area contributed by atoms with Crippen molar-refractivity contribution in [1.29, 1.82) is 0 Å². The van der Waals surface area contributed by atoms with E-state index in [1.807, 2.05) is 24.4 Å². The second-order valence-electron chi connectivity index (χ2n) is 7.60. The van der Waals surface area contributed by atoms with Crippen molar-refractivity contribution >= 4 is 16.9 Å². The first-order valence-corrected chi connectivity index (χ1v) is 9.65. The van der Waals surface area contributed by atoms with E-state index in [9.17, 15) is 4.79 Å². The Morgan fingerprint density at radius 1 is 1.00 bits per heavy atom. The molecule has 1 heterocycles. The summed E-state index contributed by atoms with van der Waals surface area (Å²) >= 11 is 0. The summed E-state index contributed by atoms with van der Waals surface area (Å²) in [6, 6.07) is 17.0. The average molecular weight is 346 g/mol. The van der Waals surface area contributed by atoms with Gasteiger partial charge >= 0.3 is 6.03 Å². The van der Waals surface area contributed by atoms with Crippen molar-refractivity contribution in [3.05, 3.63) is 60.3 Å². The first-order chi connectivity index (χ1) is 12.6. The van der Waals surface area contributed by atoms with Crippen LogP contribution in [0.1, 0.15) is 51.0 Å². The normalized spacial score (nSPS) is 15.0. The van der Waals surface area contributed by atoms with Crippen LogP contribution in [-0.4, -0.2) is 16.6 Å². The van der Waals surface area contributed by atoms with E-state index < -0.39 is 0 Å². The van der Waals surface area contributed by atoms with E-state index in [0.717, 1.165) is 29.3 Å². The third-order valence-corrected chi connectivity index (χ3v) is 5.49. The van der Waals surface area contributed by atoms with Crippen molar-refractivity contribution in [2.75, 3.05) is 0 Å². The van der Waals surface area contributed by atoms with Gasteiger partial charge in [-0.1, -0.05) is 69.2 Å². The molecular formula is C23H26N2O. The molecular weight excluding hydrogens is 320 g/mol. The van der Waals surface area contributed by atoms with Gasteiger partial charge in [0.2, 0.25) is 0 Å². The highest BCUT2D eigenvalue weighted by atomic mass is 16.2. The molecule has 26 heavy (non-hydrogen) atoms. The summed E-state index contributed by atoms with van der Waals surface area (Å²) in [5.74, 6) is 0.431. The maximum Gasteiger partial charge on any atom is 0.326 e. The number of aromatic nitrogens is 1. The minimum absolute atomic E-state index is 0.0126. The van der Waals surface area contributed by atoms with Gasteiger partial charge in [0.25, 0.3) is 0 Å². The second-order valence-corrected chi connectivity index (χ2v) is 7.60. The summed E-state index contributed by atoms with van der Waals surface area (Å²) in [6.07, 6.45) is 6.62. The number of nitrogens with zero attached hydrogens (tertiary/aromatic N) is 1. The lowest BCUT2D eigenvalue weighted by atomic mass is 9.92. The maximum atomic E-state index is 12.9. The van der Waals surface area contributed by atoms with Gasteiger partial charge in [-0.15, -0.1) is 0 Å². The Morgan fingerprint density at radius 3 is 2.46 bits per heavy atom. The summed E-state index contributed by atoms with van der Waals surface area (Å²) in [6.45, 7) is 4.43. The van der Waals surface area contributed by atoms with Crippen LogP contribution in [-0.2, 0) is 0 Å². The molecule has 3 aromatic rings. The van der Waals surface area contributed by atoms with Crippen LogP contribution >= 0.6 is 0 Å². The molecule has 3 nitrogen and oxygen atoms in total. The predicted octanol–water partition coefficient (Wildman–Crippen LogP) is 5.93. The van der Waals surface area contributed by atoms with Crippen LogP contribution in [0.4, 0.5) is 4.79 Å². The number of carbonyl (C=O) groups excluding carboxylic acids is 1. The molecule has 0 radical (unpaired) electrons. The molecule has 1 N–H and O–H groups in total.